The van der Waals surface area contributed by atoms with Crippen molar-refractivity contribution in [2.45, 2.75) is 13.3 Å². The van der Waals surface area contributed by atoms with Gasteiger partial charge in [-0.3, -0.25) is 9.89 Å². The smallest absolute Gasteiger partial charge is 0.295 e. The van der Waals surface area contributed by atoms with E-state index < -0.39 is 5.91 Å². The SMILES string of the molecule is CCc1nc(C(=O)Nc2ccc(F)cc2Br)n[nH]1. The summed E-state index contributed by atoms with van der Waals surface area (Å²) in [6.07, 6.45) is 0.667. The number of nitrogens with one attached hydrogen (secondary N) is 2. The van der Waals surface area contributed by atoms with Gasteiger partial charge in [0, 0.05) is 10.9 Å². The number of nitrogens with zero attached hydrogens (tertiary/aromatic N) is 2. The van der Waals surface area contributed by atoms with E-state index >= 15 is 0 Å². The summed E-state index contributed by atoms with van der Waals surface area (Å²) in [6, 6.07) is 3.99. The monoisotopic (exact) mass is 312 g/mol. The maximum Gasteiger partial charge on any atom is 0.295 e. The van der Waals surface area contributed by atoms with E-state index in [4.69, 9.17) is 0 Å². The van der Waals surface area contributed by atoms with Crippen LogP contribution in [0.1, 0.15) is 23.4 Å². The highest BCUT2D eigenvalue weighted by atomic mass is 79.9. The number of carbonyl (C=O) groups is 1. The van der Waals surface area contributed by atoms with Gasteiger partial charge in [0.1, 0.15) is 11.6 Å². The molecule has 0 aliphatic carbocycles. The van der Waals surface area contributed by atoms with Gasteiger partial charge in [0.2, 0.25) is 5.82 Å². The van der Waals surface area contributed by atoms with Crippen LogP contribution < -0.4 is 5.32 Å². The van der Waals surface area contributed by atoms with Crippen molar-refractivity contribution in [1.29, 1.82) is 0 Å². The van der Waals surface area contributed by atoms with Gasteiger partial charge in [-0.15, -0.1) is 5.10 Å². The first-order chi connectivity index (χ1) is 8.60. The summed E-state index contributed by atoms with van der Waals surface area (Å²) in [5.41, 5.74) is 0.462. The molecule has 0 fully saturated rings. The standard InChI is InChI=1S/C11H10BrFN4O/c1-2-9-15-10(17-16-9)11(18)14-8-4-3-6(13)5-7(8)12/h3-5H,2H2,1H3,(H,14,18)(H,15,16,17). The number of H-pyrrole nitrogens is 1. The van der Waals surface area contributed by atoms with Crippen LogP contribution in [0.25, 0.3) is 0 Å². The van der Waals surface area contributed by atoms with Gasteiger partial charge in [-0.2, -0.15) is 0 Å². The number of rotatable bonds is 3. The fourth-order valence-electron chi connectivity index (χ4n) is 1.32. The lowest BCUT2D eigenvalue weighted by atomic mass is 10.3. The largest absolute Gasteiger partial charge is 0.318 e. The second-order valence-electron chi connectivity index (χ2n) is 3.54. The van der Waals surface area contributed by atoms with E-state index in [0.29, 0.717) is 22.4 Å². The highest BCUT2D eigenvalue weighted by Crippen LogP contribution is 2.23. The minimum atomic E-state index is -0.446. The molecule has 0 spiro atoms. The third-order valence-electron chi connectivity index (χ3n) is 2.25. The Labute approximate surface area is 111 Å². The molecule has 2 N–H and O–H groups in total. The lowest BCUT2D eigenvalue weighted by Gasteiger charge is -2.04. The van der Waals surface area contributed by atoms with E-state index in [0.717, 1.165) is 0 Å². The molecule has 2 rings (SSSR count). The van der Waals surface area contributed by atoms with E-state index in [1.165, 1.54) is 18.2 Å². The molecule has 1 aromatic heterocycles. The summed E-state index contributed by atoms with van der Waals surface area (Å²) < 4.78 is 13.3. The molecule has 0 saturated heterocycles. The third kappa shape index (κ3) is 2.73. The van der Waals surface area contributed by atoms with Gasteiger partial charge in [0.25, 0.3) is 5.91 Å². The first-order valence-electron chi connectivity index (χ1n) is 5.28. The molecule has 5 nitrogen and oxygen atoms in total. The Bertz CT molecular complexity index is 584. The topological polar surface area (TPSA) is 70.7 Å². The first-order valence-corrected chi connectivity index (χ1v) is 6.07. The molecule has 1 heterocycles. The van der Waals surface area contributed by atoms with Gasteiger partial charge < -0.3 is 5.32 Å². The second kappa shape index (κ2) is 5.26. The number of anilines is 1. The summed E-state index contributed by atoms with van der Waals surface area (Å²) in [6.45, 7) is 1.90. The van der Waals surface area contributed by atoms with E-state index in [9.17, 15) is 9.18 Å². The highest BCUT2D eigenvalue weighted by Gasteiger charge is 2.13. The van der Waals surface area contributed by atoms with Crippen LogP contribution in [0.15, 0.2) is 22.7 Å². The molecule has 0 aliphatic rings. The van der Waals surface area contributed by atoms with Crippen LogP contribution >= 0.6 is 15.9 Å². The van der Waals surface area contributed by atoms with Gasteiger partial charge in [-0.05, 0) is 34.1 Å². The van der Waals surface area contributed by atoms with Crippen molar-refractivity contribution in [2.24, 2.45) is 0 Å². The van der Waals surface area contributed by atoms with Crippen LogP contribution in [-0.2, 0) is 6.42 Å². The highest BCUT2D eigenvalue weighted by molar-refractivity contribution is 9.10. The van der Waals surface area contributed by atoms with Crippen LogP contribution in [-0.4, -0.2) is 21.1 Å². The molecule has 18 heavy (non-hydrogen) atoms. The van der Waals surface area contributed by atoms with Crippen molar-refractivity contribution in [1.82, 2.24) is 15.2 Å². The zero-order valence-electron chi connectivity index (χ0n) is 9.50. The van der Waals surface area contributed by atoms with Crippen LogP contribution in [0, 0.1) is 5.82 Å². The molecule has 2 aromatic rings. The maximum absolute atomic E-state index is 12.9. The summed E-state index contributed by atoms with van der Waals surface area (Å²) in [5, 5.41) is 9.04. The van der Waals surface area contributed by atoms with Crippen LogP contribution in [0.2, 0.25) is 0 Å². The van der Waals surface area contributed by atoms with Crippen molar-refractivity contribution in [3.05, 3.63) is 40.1 Å². The van der Waals surface area contributed by atoms with Gasteiger partial charge in [-0.1, -0.05) is 6.92 Å². The summed E-state index contributed by atoms with van der Waals surface area (Å²) in [4.78, 5) is 15.8. The molecule has 0 aliphatic heterocycles. The minimum Gasteiger partial charge on any atom is -0.318 e. The molecule has 0 atom stereocenters. The molecular weight excluding hydrogens is 303 g/mol. The third-order valence-corrected chi connectivity index (χ3v) is 2.91. The first kappa shape index (κ1) is 12.7. The number of hydrogen-bond acceptors (Lipinski definition) is 3. The molecule has 1 aromatic carbocycles. The van der Waals surface area contributed by atoms with Gasteiger partial charge >= 0.3 is 0 Å². The van der Waals surface area contributed by atoms with Crippen LogP contribution in [0.3, 0.4) is 0 Å². The van der Waals surface area contributed by atoms with E-state index in [2.05, 4.69) is 36.4 Å². The average molecular weight is 313 g/mol. The Kier molecular flexibility index (Phi) is 3.71. The Morgan fingerprint density at radius 2 is 2.33 bits per heavy atom. The van der Waals surface area contributed by atoms with Crippen molar-refractivity contribution >= 4 is 27.5 Å². The number of hydrogen-bond donors (Lipinski definition) is 2. The average Bonchev–Trinajstić information content (AvgIpc) is 2.81. The van der Waals surface area contributed by atoms with Crippen molar-refractivity contribution in [3.8, 4) is 0 Å². The van der Waals surface area contributed by atoms with Crippen LogP contribution in [0.5, 0.6) is 0 Å². The number of halogens is 2. The predicted octanol–water partition coefficient (Wildman–Crippen LogP) is 2.52. The molecule has 1 amide bonds. The fourth-order valence-corrected chi connectivity index (χ4v) is 1.77. The fraction of sp³-hybridized carbons (Fsp3) is 0.182. The summed E-state index contributed by atoms with van der Waals surface area (Å²) in [7, 11) is 0. The molecule has 94 valence electrons. The molecule has 7 heteroatoms. The maximum atomic E-state index is 12.9. The summed E-state index contributed by atoms with van der Waals surface area (Å²) >= 11 is 3.16. The van der Waals surface area contributed by atoms with Crippen molar-refractivity contribution < 1.29 is 9.18 Å². The van der Waals surface area contributed by atoms with Crippen LogP contribution in [0.4, 0.5) is 10.1 Å². The number of aromatic amines is 1. The quantitative estimate of drug-likeness (QED) is 0.915. The van der Waals surface area contributed by atoms with E-state index in [1.807, 2.05) is 6.92 Å². The normalized spacial score (nSPS) is 10.4. The zero-order valence-corrected chi connectivity index (χ0v) is 11.1. The lowest BCUT2D eigenvalue weighted by Crippen LogP contribution is -2.14. The number of benzene rings is 1. The summed E-state index contributed by atoms with van der Waals surface area (Å²) in [5.74, 6) is -0.134. The number of aryl methyl sites for hydroxylation is 1. The van der Waals surface area contributed by atoms with Gasteiger partial charge in [0.15, 0.2) is 0 Å². The van der Waals surface area contributed by atoms with Gasteiger partial charge in [0.05, 0.1) is 5.69 Å². The second-order valence-corrected chi connectivity index (χ2v) is 4.39. The molecule has 0 unspecified atom stereocenters. The number of amides is 1. The van der Waals surface area contributed by atoms with Crippen molar-refractivity contribution in [3.63, 3.8) is 0 Å². The lowest BCUT2D eigenvalue weighted by molar-refractivity contribution is 0.101. The Morgan fingerprint density at radius 3 is 2.94 bits per heavy atom. The Hall–Kier alpha value is -1.76. The number of aromatic nitrogens is 3. The zero-order chi connectivity index (χ0) is 13.1. The molecular formula is C11H10BrFN4O. The Balaban J connectivity index is 2.16. The molecule has 0 radical (unpaired) electrons. The van der Waals surface area contributed by atoms with E-state index in [1.54, 1.807) is 0 Å². The minimum absolute atomic E-state index is 0.0584. The number of carbonyl (C=O) groups excluding carboxylic acids is 1. The van der Waals surface area contributed by atoms with Gasteiger partial charge in [-0.25, -0.2) is 9.37 Å². The Morgan fingerprint density at radius 1 is 1.56 bits per heavy atom. The van der Waals surface area contributed by atoms with E-state index in [-0.39, 0.29) is 11.6 Å². The van der Waals surface area contributed by atoms with Crippen molar-refractivity contribution in [2.75, 3.05) is 5.32 Å². The molecule has 0 bridgehead atoms. The molecule has 0 saturated carbocycles. The predicted molar refractivity (Wildman–Crippen MR) is 67.8 cm³/mol.